The molecule has 1 unspecified atom stereocenters. The topological polar surface area (TPSA) is 81.2 Å². The van der Waals surface area contributed by atoms with Gasteiger partial charge in [0.05, 0.1) is 10.4 Å². The van der Waals surface area contributed by atoms with Crippen LogP contribution in [0.4, 0.5) is 5.95 Å². The number of rotatable bonds is 3. The van der Waals surface area contributed by atoms with Gasteiger partial charge in [0, 0.05) is 19.3 Å². The Morgan fingerprint density at radius 2 is 2.19 bits per heavy atom. The van der Waals surface area contributed by atoms with Crippen molar-refractivity contribution in [2.75, 3.05) is 32.1 Å². The summed E-state index contributed by atoms with van der Waals surface area (Å²) in [5.74, 6) is 0.909. The molecular formula is C14H20N4O2S. The van der Waals surface area contributed by atoms with E-state index in [0.717, 1.165) is 31.6 Å². The molecule has 1 fully saturated rings. The maximum absolute atomic E-state index is 11.9. The number of sulfone groups is 1. The number of aromatic nitrogens is 2. The monoisotopic (exact) mass is 308 g/mol. The molecule has 2 aromatic rings. The number of imidazole rings is 1. The molecule has 1 atom stereocenters. The number of anilines is 1. The second kappa shape index (κ2) is 4.99. The fraction of sp³-hybridized carbons (Fsp3) is 0.500. The first-order chi connectivity index (χ1) is 9.86. The van der Waals surface area contributed by atoms with Gasteiger partial charge in [0.2, 0.25) is 5.95 Å². The van der Waals surface area contributed by atoms with Gasteiger partial charge in [-0.3, -0.25) is 0 Å². The molecule has 1 aromatic heterocycles. The van der Waals surface area contributed by atoms with E-state index in [4.69, 9.17) is 5.73 Å². The smallest absolute Gasteiger partial charge is 0.201 e. The Bertz CT molecular complexity index is 782. The number of nitrogens with two attached hydrogens (primary N) is 1. The minimum atomic E-state index is -3.31. The van der Waals surface area contributed by atoms with E-state index < -0.39 is 9.84 Å². The van der Waals surface area contributed by atoms with E-state index in [-0.39, 0.29) is 4.90 Å². The Labute approximate surface area is 124 Å². The van der Waals surface area contributed by atoms with Gasteiger partial charge in [0.15, 0.2) is 9.84 Å². The highest BCUT2D eigenvalue weighted by Crippen LogP contribution is 2.27. The Morgan fingerprint density at radius 3 is 2.81 bits per heavy atom. The van der Waals surface area contributed by atoms with Crippen LogP contribution in [-0.4, -0.2) is 49.3 Å². The predicted octanol–water partition coefficient (Wildman–Crippen LogP) is 0.974. The van der Waals surface area contributed by atoms with Gasteiger partial charge in [-0.1, -0.05) is 6.07 Å². The van der Waals surface area contributed by atoms with Crippen molar-refractivity contribution < 1.29 is 8.42 Å². The van der Waals surface area contributed by atoms with Crippen LogP contribution < -0.4 is 5.73 Å². The van der Waals surface area contributed by atoms with Crippen molar-refractivity contribution in [2.24, 2.45) is 5.92 Å². The zero-order chi connectivity index (χ0) is 15.2. The van der Waals surface area contributed by atoms with Crippen LogP contribution in [-0.2, 0) is 16.4 Å². The van der Waals surface area contributed by atoms with Crippen LogP contribution in [0.1, 0.15) is 6.42 Å². The highest BCUT2D eigenvalue weighted by Gasteiger charge is 2.23. The van der Waals surface area contributed by atoms with Gasteiger partial charge in [-0.05, 0) is 38.1 Å². The third-order valence-corrected chi connectivity index (χ3v) is 5.23. The largest absolute Gasteiger partial charge is 0.369 e. The predicted molar refractivity (Wildman–Crippen MR) is 82.9 cm³/mol. The fourth-order valence-corrected chi connectivity index (χ4v) is 3.89. The van der Waals surface area contributed by atoms with Crippen LogP contribution in [0.15, 0.2) is 23.1 Å². The van der Waals surface area contributed by atoms with Crippen molar-refractivity contribution in [3.63, 3.8) is 0 Å². The molecule has 0 bridgehead atoms. The standard InChI is InChI=1S/C14H20N4O2S/c1-17-7-6-10(8-17)9-18-11-4-3-5-12(21(2,19)20)13(11)16-14(18)15/h3-5,10H,6-9H2,1-2H3,(H2,15,16). The van der Waals surface area contributed by atoms with Gasteiger partial charge in [-0.2, -0.15) is 0 Å². The molecule has 0 aliphatic carbocycles. The summed E-state index contributed by atoms with van der Waals surface area (Å²) in [6, 6.07) is 5.21. The Kier molecular flexibility index (Phi) is 3.41. The van der Waals surface area contributed by atoms with E-state index >= 15 is 0 Å². The molecule has 0 saturated carbocycles. The summed E-state index contributed by atoms with van der Waals surface area (Å²) in [6.45, 7) is 2.90. The van der Waals surface area contributed by atoms with Crippen molar-refractivity contribution in [1.82, 2.24) is 14.5 Å². The minimum Gasteiger partial charge on any atom is -0.369 e. The molecule has 1 saturated heterocycles. The number of hydrogen-bond donors (Lipinski definition) is 1. The number of fused-ring (bicyclic) bond motifs is 1. The van der Waals surface area contributed by atoms with Crippen LogP contribution >= 0.6 is 0 Å². The molecule has 1 aromatic carbocycles. The summed E-state index contributed by atoms with van der Waals surface area (Å²) in [4.78, 5) is 6.83. The summed E-state index contributed by atoms with van der Waals surface area (Å²) in [6.07, 6.45) is 2.32. The van der Waals surface area contributed by atoms with Crippen LogP contribution in [0.3, 0.4) is 0 Å². The quantitative estimate of drug-likeness (QED) is 0.914. The third-order valence-electron chi connectivity index (χ3n) is 4.10. The Morgan fingerprint density at radius 1 is 1.43 bits per heavy atom. The third kappa shape index (κ3) is 2.63. The van der Waals surface area contributed by atoms with E-state index in [2.05, 4.69) is 16.9 Å². The van der Waals surface area contributed by atoms with E-state index in [9.17, 15) is 8.42 Å². The van der Waals surface area contributed by atoms with Gasteiger partial charge < -0.3 is 15.2 Å². The number of likely N-dealkylation sites (tertiary alicyclic amines) is 1. The van der Waals surface area contributed by atoms with E-state index in [0.29, 0.717) is 17.4 Å². The van der Waals surface area contributed by atoms with Crippen molar-refractivity contribution in [3.05, 3.63) is 18.2 Å². The van der Waals surface area contributed by atoms with E-state index in [1.807, 2.05) is 10.6 Å². The molecule has 3 rings (SSSR count). The van der Waals surface area contributed by atoms with Crippen molar-refractivity contribution in [1.29, 1.82) is 0 Å². The Hall–Kier alpha value is -1.60. The molecule has 114 valence electrons. The van der Waals surface area contributed by atoms with Crippen LogP contribution in [0, 0.1) is 5.92 Å². The lowest BCUT2D eigenvalue weighted by Gasteiger charge is -2.13. The van der Waals surface area contributed by atoms with Crippen LogP contribution in [0.5, 0.6) is 0 Å². The maximum atomic E-state index is 11.9. The average molecular weight is 308 g/mol. The van der Waals surface area contributed by atoms with E-state index in [1.54, 1.807) is 12.1 Å². The first kappa shape index (κ1) is 14.3. The zero-order valence-electron chi connectivity index (χ0n) is 12.3. The molecule has 2 N–H and O–H groups in total. The summed E-state index contributed by atoms with van der Waals surface area (Å²) in [7, 11) is -1.20. The summed E-state index contributed by atoms with van der Waals surface area (Å²) in [5, 5.41) is 0. The molecule has 2 heterocycles. The number of benzene rings is 1. The fourth-order valence-electron chi connectivity index (χ4n) is 3.06. The highest BCUT2D eigenvalue weighted by molar-refractivity contribution is 7.91. The van der Waals surface area contributed by atoms with Gasteiger partial charge in [0.25, 0.3) is 0 Å². The normalized spacial score (nSPS) is 20.4. The molecule has 0 radical (unpaired) electrons. The first-order valence-electron chi connectivity index (χ1n) is 6.99. The summed E-state index contributed by atoms with van der Waals surface area (Å²) >= 11 is 0. The molecule has 1 aliphatic rings. The molecule has 0 spiro atoms. The molecule has 7 heteroatoms. The molecule has 0 amide bonds. The molecular weight excluding hydrogens is 288 g/mol. The van der Waals surface area contributed by atoms with E-state index in [1.165, 1.54) is 6.26 Å². The van der Waals surface area contributed by atoms with Gasteiger partial charge in [-0.25, -0.2) is 13.4 Å². The minimum absolute atomic E-state index is 0.244. The first-order valence-corrected chi connectivity index (χ1v) is 8.88. The molecule has 1 aliphatic heterocycles. The lowest BCUT2D eigenvalue weighted by Crippen LogP contribution is -2.17. The number of nitrogens with zero attached hydrogens (tertiary/aromatic N) is 3. The van der Waals surface area contributed by atoms with Crippen molar-refractivity contribution >= 4 is 26.8 Å². The Balaban J connectivity index is 2.06. The highest BCUT2D eigenvalue weighted by atomic mass is 32.2. The van der Waals surface area contributed by atoms with Crippen LogP contribution in [0.2, 0.25) is 0 Å². The summed E-state index contributed by atoms with van der Waals surface area (Å²) in [5.41, 5.74) is 7.29. The van der Waals surface area contributed by atoms with Gasteiger partial charge in [-0.15, -0.1) is 0 Å². The van der Waals surface area contributed by atoms with Crippen LogP contribution in [0.25, 0.3) is 11.0 Å². The van der Waals surface area contributed by atoms with Crippen molar-refractivity contribution in [2.45, 2.75) is 17.9 Å². The van der Waals surface area contributed by atoms with Gasteiger partial charge >= 0.3 is 0 Å². The second-order valence-electron chi connectivity index (χ2n) is 5.89. The lowest BCUT2D eigenvalue weighted by molar-refractivity contribution is 0.380. The molecule has 21 heavy (non-hydrogen) atoms. The van der Waals surface area contributed by atoms with Crippen molar-refractivity contribution in [3.8, 4) is 0 Å². The SMILES string of the molecule is CN1CCC(Cn2c(N)nc3c(S(C)(=O)=O)cccc32)C1. The van der Waals surface area contributed by atoms with Gasteiger partial charge in [0.1, 0.15) is 5.52 Å². The zero-order valence-corrected chi connectivity index (χ0v) is 13.1. The second-order valence-corrected chi connectivity index (χ2v) is 7.88. The molecule has 6 nitrogen and oxygen atoms in total. The lowest BCUT2D eigenvalue weighted by atomic mass is 10.1. The average Bonchev–Trinajstić information content (AvgIpc) is 2.93. The summed E-state index contributed by atoms with van der Waals surface area (Å²) < 4.78 is 25.7. The number of para-hydroxylation sites is 1. The number of hydrogen-bond acceptors (Lipinski definition) is 5. The number of nitrogen functional groups attached to an aromatic ring is 1. The maximum Gasteiger partial charge on any atom is 0.201 e.